The number of benzene rings is 6. The van der Waals surface area contributed by atoms with Crippen molar-refractivity contribution in [3.8, 4) is 33.9 Å². The number of anilines is 3. The molecule has 6 aromatic carbocycles. The third kappa shape index (κ3) is 4.94. The zero-order chi connectivity index (χ0) is 33.6. The van der Waals surface area contributed by atoms with Crippen molar-refractivity contribution < 1.29 is 0 Å². The highest BCUT2D eigenvalue weighted by Gasteiger charge is 2.44. The SMILES string of the molecule is Cc1ccc(C2c3c(-c4ccccc4)nn(-c4ccccc4)c3N(c3ccc(C)cc3)c3c2c(-c2ccccc2)nn3-c2ccccc2)cc1. The van der Waals surface area contributed by atoms with Gasteiger partial charge < -0.3 is 0 Å². The number of aromatic nitrogens is 4. The van der Waals surface area contributed by atoms with E-state index in [0.717, 1.165) is 62.3 Å². The van der Waals surface area contributed by atoms with Crippen molar-refractivity contribution >= 4 is 17.3 Å². The molecule has 0 saturated carbocycles. The van der Waals surface area contributed by atoms with Gasteiger partial charge in [-0.05, 0) is 55.8 Å². The van der Waals surface area contributed by atoms with Crippen molar-refractivity contribution in [2.24, 2.45) is 0 Å². The highest BCUT2D eigenvalue weighted by atomic mass is 15.5. The van der Waals surface area contributed by atoms with E-state index in [-0.39, 0.29) is 5.92 Å². The summed E-state index contributed by atoms with van der Waals surface area (Å²) in [6, 6.07) is 59.9. The van der Waals surface area contributed by atoms with Gasteiger partial charge in [-0.25, -0.2) is 9.36 Å². The zero-order valence-corrected chi connectivity index (χ0v) is 28.0. The maximum atomic E-state index is 5.53. The molecule has 9 rings (SSSR count). The molecule has 0 aliphatic carbocycles. The maximum absolute atomic E-state index is 5.53. The zero-order valence-electron chi connectivity index (χ0n) is 28.0. The quantitative estimate of drug-likeness (QED) is 0.181. The lowest BCUT2D eigenvalue weighted by Gasteiger charge is -2.36. The van der Waals surface area contributed by atoms with Gasteiger partial charge in [0, 0.05) is 33.9 Å². The molecule has 0 amide bonds. The van der Waals surface area contributed by atoms with E-state index in [1.807, 2.05) is 0 Å². The van der Waals surface area contributed by atoms with Gasteiger partial charge in [0.1, 0.15) is 11.6 Å². The van der Waals surface area contributed by atoms with Crippen molar-refractivity contribution in [3.05, 3.63) is 198 Å². The first kappa shape index (κ1) is 29.7. The Labute approximate surface area is 292 Å². The summed E-state index contributed by atoms with van der Waals surface area (Å²) in [5.74, 6) is 1.81. The largest absolute Gasteiger partial charge is 0.278 e. The van der Waals surface area contributed by atoms with Crippen LogP contribution in [0.15, 0.2) is 170 Å². The van der Waals surface area contributed by atoms with E-state index in [0.29, 0.717) is 0 Å². The van der Waals surface area contributed by atoms with Gasteiger partial charge in [0.25, 0.3) is 0 Å². The summed E-state index contributed by atoms with van der Waals surface area (Å²) in [6.45, 7) is 4.28. The van der Waals surface area contributed by atoms with Crippen molar-refractivity contribution in [2.75, 3.05) is 4.90 Å². The number of para-hydroxylation sites is 2. The second-order valence-electron chi connectivity index (χ2n) is 12.9. The third-order valence-corrected chi connectivity index (χ3v) is 9.59. The number of fused-ring (bicyclic) bond motifs is 2. The molecule has 0 saturated heterocycles. The molecule has 0 unspecified atom stereocenters. The predicted octanol–water partition coefficient (Wildman–Crippen LogP) is 11.0. The van der Waals surface area contributed by atoms with E-state index < -0.39 is 0 Å². The second kappa shape index (κ2) is 12.2. The van der Waals surface area contributed by atoms with Crippen LogP contribution in [0.5, 0.6) is 0 Å². The van der Waals surface area contributed by atoms with E-state index in [4.69, 9.17) is 10.2 Å². The fourth-order valence-corrected chi connectivity index (χ4v) is 7.20. The summed E-state index contributed by atoms with van der Waals surface area (Å²) < 4.78 is 4.26. The number of hydrogen-bond acceptors (Lipinski definition) is 3. The topological polar surface area (TPSA) is 38.9 Å². The van der Waals surface area contributed by atoms with Gasteiger partial charge in [0.2, 0.25) is 0 Å². The van der Waals surface area contributed by atoms with Gasteiger partial charge in [-0.3, -0.25) is 4.90 Å². The molecule has 0 atom stereocenters. The Kier molecular flexibility index (Phi) is 7.24. The monoisotopic (exact) mass is 645 g/mol. The van der Waals surface area contributed by atoms with Crippen molar-refractivity contribution in [1.82, 2.24) is 19.6 Å². The molecule has 50 heavy (non-hydrogen) atoms. The van der Waals surface area contributed by atoms with Crippen molar-refractivity contribution in [2.45, 2.75) is 19.8 Å². The minimum absolute atomic E-state index is 0.178. The summed E-state index contributed by atoms with van der Waals surface area (Å²) in [7, 11) is 0. The van der Waals surface area contributed by atoms with E-state index in [2.05, 4.69) is 198 Å². The van der Waals surface area contributed by atoms with Crippen LogP contribution in [0.4, 0.5) is 17.3 Å². The second-order valence-corrected chi connectivity index (χ2v) is 12.9. The van der Waals surface area contributed by atoms with E-state index in [9.17, 15) is 0 Å². The molecule has 1 aliphatic heterocycles. The first-order valence-electron chi connectivity index (χ1n) is 17.1. The fourth-order valence-electron chi connectivity index (χ4n) is 7.20. The molecule has 2 aromatic heterocycles. The van der Waals surface area contributed by atoms with Crippen LogP contribution in [0.1, 0.15) is 33.7 Å². The lowest BCUT2D eigenvalue weighted by atomic mass is 9.79. The van der Waals surface area contributed by atoms with E-state index in [1.54, 1.807) is 0 Å². The van der Waals surface area contributed by atoms with Gasteiger partial charge in [-0.15, -0.1) is 0 Å². The molecule has 0 N–H and O–H groups in total. The molecular formula is C45H35N5. The van der Waals surface area contributed by atoms with Crippen LogP contribution in [0, 0.1) is 13.8 Å². The normalized spacial score (nSPS) is 12.5. The molecule has 8 aromatic rings. The average Bonchev–Trinajstić information content (AvgIpc) is 3.77. The van der Waals surface area contributed by atoms with Crippen LogP contribution in [0.3, 0.4) is 0 Å². The highest BCUT2D eigenvalue weighted by Crippen LogP contribution is 2.57. The minimum atomic E-state index is -0.178. The number of nitrogens with zero attached hydrogens (tertiary/aromatic N) is 5. The molecular weight excluding hydrogens is 611 g/mol. The van der Waals surface area contributed by atoms with Crippen LogP contribution in [-0.2, 0) is 0 Å². The van der Waals surface area contributed by atoms with Crippen LogP contribution in [-0.4, -0.2) is 19.6 Å². The minimum Gasteiger partial charge on any atom is -0.278 e. The van der Waals surface area contributed by atoms with Crippen LogP contribution >= 0.6 is 0 Å². The van der Waals surface area contributed by atoms with Crippen molar-refractivity contribution in [3.63, 3.8) is 0 Å². The summed E-state index contributed by atoms with van der Waals surface area (Å²) >= 11 is 0. The Morgan fingerprint density at radius 1 is 0.400 bits per heavy atom. The lowest BCUT2D eigenvalue weighted by Crippen LogP contribution is -2.26. The van der Waals surface area contributed by atoms with Crippen LogP contribution in [0.25, 0.3) is 33.9 Å². The number of rotatable bonds is 6. The average molecular weight is 646 g/mol. The van der Waals surface area contributed by atoms with Gasteiger partial charge >= 0.3 is 0 Å². The molecule has 1 aliphatic rings. The molecule has 0 bridgehead atoms. The maximum Gasteiger partial charge on any atom is 0.147 e. The molecule has 5 heteroatoms. The van der Waals surface area contributed by atoms with Crippen LogP contribution in [0.2, 0.25) is 0 Å². The lowest BCUT2D eigenvalue weighted by molar-refractivity contribution is 0.826. The Balaban J connectivity index is 1.49. The van der Waals surface area contributed by atoms with Gasteiger partial charge in [-0.2, -0.15) is 10.2 Å². The Morgan fingerprint density at radius 2 is 0.780 bits per heavy atom. The first-order chi connectivity index (χ1) is 24.7. The molecule has 0 spiro atoms. The smallest absolute Gasteiger partial charge is 0.147 e. The third-order valence-electron chi connectivity index (χ3n) is 9.59. The highest BCUT2D eigenvalue weighted by molar-refractivity contribution is 5.92. The van der Waals surface area contributed by atoms with Crippen LogP contribution < -0.4 is 4.90 Å². The molecule has 5 nitrogen and oxygen atoms in total. The molecule has 240 valence electrons. The summed E-state index contributed by atoms with van der Waals surface area (Å²) in [5.41, 5.74) is 12.9. The molecule has 0 radical (unpaired) electrons. The Hall–Kier alpha value is -6.46. The van der Waals surface area contributed by atoms with Crippen molar-refractivity contribution in [1.29, 1.82) is 0 Å². The Morgan fingerprint density at radius 3 is 1.20 bits per heavy atom. The van der Waals surface area contributed by atoms with Gasteiger partial charge in [0.15, 0.2) is 0 Å². The fraction of sp³-hybridized carbons (Fsp3) is 0.0667. The number of hydrogen-bond donors (Lipinski definition) is 0. The Bertz CT molecular complexity index is 2110. The predicted molar refractivity (Wildman–Crippen MR) is 203 cm³/mol. The summed E-state index contributed by atoms with van der Waals surface area (Å²) in [5, 5.41) is 11.1. The summed E-state index contributed by atoms with van der Waals surface area (Å²) in [6.07, 6.45) is 0. The molecule has 3 heterocycles. The number of aryl methyl sites for hydroxylation is 2. The standard InChI is InChI=1S/C45H35N5/c1-31-23-27-33(28-24-31)39-40-42(34-15-7-3-8-16-34)46-49(37-19-11-5-12-20-37)44(40)48(36-29-25-32(2)26-30-36)45-41(39)43(35-17-9-4-10-18-35)47-50(45)38-21-13-6-14-22-38/h3-30,39H,1-2H3. The summed E-state index contributed by atoms with van der Waals surface area (Å²) in [4.78, 5) is 2.38. The van der Waals surface area contributed by atoms with E-state index >= 15 is 0 Å². The van der Waals surface area contributed by atoms with Gasteiger partial charge in [0.05, 0.1) is 22.8 Å². The van der Waals surface area contributed by atoms with E-state index in [1.165, 1.54) is 16.7 Å². The van der Waals surface area contributed by atoms with Gasteiger partial charge in [-0.1, -0.05) is 145 Å². The molecule has 0 fully saturated rings. The first-order valence-corrected chi connectivity index (χ1v) is 17.1.